The molecule has 32 heavy (non-hydrogen) atoms. The zero-order valence-corrected chi connectivity index (χ0v) is 20.2. The highest BCUT2D eigenvalue weighted by Gasteiger charge is 2.35. The summed E-state index contributed by atoms with van der Waals surface area (Å²) in [4.78, 5) is 13.2. The van der Waals surface area contributed by atoms with Crippen LogP contribution < -0.4 is 10.1 Å². The highest BCUT2D eigenvalue weighted by Crippen LogP contribution is 2.43. The molecular formula is C25H37F2NO3S. The number of methoxy groups -OCH3 is 1. The summed E-state index contributed by atoms with van der Waals surface area (Å²) < 4.78 is 37.6. The molecule has 1 aromatic rings. The summed E-state index contributed by atoms with van der Waals surface area (Å²) in [6.07, 6.45) is 7.14. The van der Waals surface area contributed by atoms with Crippen LogP contribution in [0.15, 0.2) is 23.1 Å². The Kier molecular flexibility index (Phi) is 9.65. The molecule has 0 bridgehead atoms. The molecule has 7 heteroatoms. The summed E-state index contributed by atoms with van der Waals surface area (Å²) in [7, 11) is 1.46. The molecule has 0 aliphatic heterocycles. The van der Waals surface area contributed by atoms with E-state index in [0.717, 1.165) is 61.3 Å². The predicted octanol–water partition coefficient (Wildman–Crippen LogP) is 6.15. The van der Waals surface area contributed by atoms with E-state index in [9.17, 15) is 13.6 Å². The Hall–Kier alpha value is -1.34. The van der Waals surface area contributed by atoms with Gasteiger partial charge in [0, 0.05) is 29.0 Å². The van der Waals surface area contributed by atoms with Gasteiger partial charge in [-0.05, 0) is 76.1 Å². The van der Waals surface area contributed by atoms with Gasteiger partial charge in [-0.25, -0.2) is 8.78 Å². The summed E-state index contributed by atoms with van der Waals surface area (Å²) in [5, 5.41) is 3.66. The zero-order chi connectivity index (χ0) is 23.0. The fourth-order valence-corrected chi connectivity index (χ4v) is 6.02. The van der Waals surface area contributed by atoms with E-state index in [4.69, 9.17) is 9.47 Å². The minimum atomic E-state index is -2.46. The number of aryl methyl sites for hydroxylation is 1. The van der Waals surface area contributed by atoms with Crippen LogP contribution in [-0.4, -0.2) is 43.4 Å². The Balaban J connectivity index is 1.38. The first-order valence-corrected chi connectivity index (χ1v) is 12.8. The highest BCUT2D eigenvalue weighted by atomic mass is 32.2. The van der Waals surface area contributed by atoms with E-state index in [-0.39, 0.29) is 36.0 Å². The number of hydrogen-bond donors (Lipinski definition) is 1. The molecule has 0 saturated heterocycles. The van der Waals surface area contributed by atoms with Gasteiger partial charge in [0.05, 0.1) is 19.6 Å². The third-order valence-corrected chi connectivity index (χ3v) is 8.02. The summed E-state index contributed by atoms with van der Waals surface area (Å²) in [6, 6.07) is 6.50. The highest BCUT2D eigenvalue weighted by molar-refractivity contribution is 8.00. The van der Waals surface area contributed by atoms with E-state index in [1.54, 1.807) is 11.8 Å². The number of esters is 1. The topological polar surface area (TPSA) is 47.6 Å². The van der Waals surface area contributed by atoms with E-state index in [1.807, 2.05) is 0 Å². The van der Waals surface area contributed by atoms with Gasteiger partial charge in [-0.1, -0.05) is 12.5 Å². The Morgan fingerprint density at radius 3 is 2.69 bits per heavy atom. The number of hydrogen-bond acceptors (Lipinski definition) is 5. The maximum absolute atomic E-state index is 13.2. The van der Waals surface area contributed by atoms with Crippen molar-refractivity contribution in [2.75, 3.05) is 20.3 Å². The Labute approximate surface area is 195 Å². The number of halogens is 2. The number of benzene rings is 1. The van der Waals surface area contributed by atoms with Gasteiger partial charge in [-0.15, -0.1) is 11.8 Å². The number of nitrogens with one attached hydrogen (secondary N) is 1. The van der Waals surface area contributed by atoms with Gasteiger partial charge < -0.3 is 14.8 Å². The molecule has 180 valence electrons. The Morgan fingerprint density at radius 2 is 1.94 bits per heavy atom. The quantitative estimate of drug-likeness (QED) is 0.311. The molecule has 0 amide bonds. The summed E-state index contributed by atoms with van der Waals surface area (Å²) >= 11 is 1.74. The van der Waals surface area contributed by atoms with Gasteiger partial charge >= 0.3 is 5.97 Å². The van der Waals surface area contributed by atoms with E-state index in [0.29, 0.717) is 19.4 Å². The third kappa shape index (κ3) is 7.62. The lowest BCUT2D eigenvalue weighted by atomic mass is 9.92. The standard InChI is InChI=1S/C25H37F2NO3S/c1-18-9-10-23(32-22-8-6-7-20(22)24(29)30-2)21(17-18)31-16-5-3-4-15-28-19-11-13-25(26,27)14-12-19/h9-10,17,19-20,22,28H,3-8,11-16H2,1-2H3/t20-,22-/m0/s1. The van der Waals surface area contributed by atoms with Crippen molar-refractivity contribution in [2.24, 2.45) is 5.92 Å². The SMILES string of the molecule is COC(=O)[C@H]1CCC[C@@H]1Sc1ccc(C)cc1OCCCCCNC1CCC(F)(F)CC1. The van der Waals surface area contributed by atoms with Crippen molar-refractivity contribution in [1.29, 1.82) is 0 Å². The number of rotatable bonds is 11. The van der Waals surface area contributed by atoms with Gasteiger partial charge in [-0.2, -0.15) is 0 Å². The summed E-state index contributed by atoms with van der Waals surface area (Å²) in [6.45, 7) is 3.58. The summed E-state index contributed by atoms with van der Waals surface area (Å²) in [5.74, 6) is -1.71. The second-order valence-corrected chi connectivity index (χ2v) is 10.4. The van der Waals surface area contributed by atoms with Crippen LogP contribution in [0.2, 0.25) is 0 Å². The molecule has 2 fully saturated rings. The predicted molar refractivity (Wildman–Crippen MR) is 125 cm³/mol. The molecule has 2 aliphatic rings. The fraction of sp³-hybridized carbons (Fsp3) is 0.720. The van der Waals surface area contributed by atoms with E-state index in [1.165, 1.54) is 7.11 Å². The molecule has 1 aromatic carbocycles. The van der Waals surface area contributed by atoms with Gasteiger partial charge in [-0.3, -0.25) is 4.79 Å². The average molecular weight is 470 g/mol. The lowest BCUT2D eigenvalue weighted by molar-refractivity contribution is -0.144. The van der Waals surface area contributed by atoms with Crippen LogP contribution >= 0.6 is 11.8 Å². The minimum absolute atomic E-state index is 0.0105. The number of alkyl halides is 2. The van der Waals surface area contributed by atoms with Crippen molar-refractivity contribution in [1.82, 2.24) is 5.32 Å². The molecule has 2 saturated carbocycles. The van der Waals surface area contributed by atoms with Crippen LogP contribution in [0.5, 0.6) is 5.75 Å². The first kappa shape index (κ1) is 25.3. The number of carbonyl (C=O) groups is 1. The van der Waals surface area contributed by atoms with E-state index in [2.05, 4.69) is 30.4 Å². The number of thioether (sulfide) groups is 1. The van der Waals surface area contributed by atoms with Crippen molar-refractivity contribution in [3.8, 4) is 5.75 Å². The third-order valence-electron chi connectivity index (χ3n) is 6.56. The molecule has 3 rings (SSSR count). The van der Waals surface area contributed by atoms with Gasteiger partial charge in [0.1, 0.15) is 5.75 Å². The molecule has 0 spiro atoms. The summed E-state index contributed by atoms with van der Waals surface area (Å²) in [5.41, 5.74) is 1.16. The van der Waals surface area contributed by atoms with Gasteiger partial charge in [0.25, 0.3) is 0 Å². The van der Waals surface area contributed by atoms with Crippen molar-refractivity contribution >= 4 is 17.7 Å². The minimum Gasteiger partial charge on any atom is -0.492 e. The second-order valence-electron chi connectivity index (χ2n) is 9.16. The van der Waals surface area contributed by atoms with Crippen molar-refractivity contribution < 1.29 is 23.0 Å². The van der Waals surface area contributed by atoms with Crippen LogP contribution in [-0.2, 0) is 9.53 Å². The Morgan fingerprint density at radius 1 is 1.16 bits per heavy atom. The first-order valence-electron chi connectivity index (χ1n) is 12.0. The lowest BCUT2D eigenvalue weighted by Crippen LogP contribution is -2.37. The second kappa shape index (κ2) is 12.2. The number of carbonyl (C=O) groups excluding carboxylic acids is 1. The van der Waals surface area contributed by atoms with E-state index < -0.39 is 5.92 Å². The molecule has 2 atom stereocenters. The largest absolute Gasteiger partial charge is 0.492 e. The molecule has 1 N–H and O–H groups in total. The van der Waals surface area contributed by atoms with Gasteiger partial charge in [0.2, 0.25) is 5.92 Å². The molecular weight excluding hydrogens is 432 g/mol. The van der Waals surface area contributed by atoms with Crippen molar-refractivity contribution in [3.05, 3.63) is 23.8 Å². The maximum atomic E-state index is 13.2. The van der Waals surface area contributed by atoms with Crippen molar-refractivity contribution in [2.45, 2.75) is 93.2 Å². The van der Waals surface area contributed by atoms with Crippen LogP contribution in [0, 0.1) is 12.8 Å². The number of ether oxygens (including phenoxy) is 2. The average Bonchev–Trinajstić information content (AvgIpc) is 3.23. The fourth-order valence-electron chi connectivity index (χ4n) is 4.61. The number of unbranched alkanes of at least 4 members (excludes halogenated alkanes) is 2. The van der Waals surface area contributed by atoms with Gasteiger partial charge in [0.15, 0.2) is 0 Å². The molecule has 0 unspecified atom stereocenters. The molecule has 0 radical (unpaired) electrons. The molecule has 0 aromatic heterocycles. The zero-order valence-electron chi connectivity index (χ0n) is 19.3. The van der Waals surface area contributed by atoms with Crippen LogP contribution in [0.3, 0.4) is 0 Å². The molecule has 0 heterocycles. The van der Waals surface area contributed by atoms with Crippen molar-refractivity contribution in [3.63, 3.8) is 0 Å². The monoisotopic (exact) mass is 469 g/mol. The van der Waals surface area contributed by atoms with E-state index >= 15 is 0 Å². The maximum Gasteiger partial charge on any atom is 0.309 e. The Bertz CT molecular complexity index is 736. The van der Waals surface area contributed by atoms with Crippen LogP contribution in [0.4, 0.5) is 8.78 Å². The van der Waals surface area contributed by atoms with Crippen LogP contribution in [0.1, 0.15) is 69.8 Å². The first-order chi connectivity index (χ1) is 15.4. The smallest absolute Gasteiger partial charge is 0.309 e. The molecule has 2 aliphatic carbocycles. The van der Waals surface area contributed by atoms with Crippen LogP contribution in [0.25, 0.3) is 0 Å². The normalized spacial score (nSPS) is 23.2. The lowest BCUT2D eigenvalue weighted by Gasteiger charge is -2.28. The molecule has 4 nitrogen and oxygen atoms in total.